The third kappa shape index (κ3) is 3.83. The highest BCUT2D eigenvalue weighted by molar-refractivity contribution is 7.86. The summed E-state index contributed by atoms with van der Waals surface area (Å²) < 4.78 is 32.1. The van der Waals surface area contributed by atoms with E-state index in [1.807, 2.05) is 19.1 Å². The van der Waals surface area contributed by atoms with Gasteiger partial charge >= 0.3 is 0 Å². The van der Waals surface area contributed by atoms with Crippen LogP contribution in [0.5, 0.6) is 0 Å². The number of hydrogen-bond donors (Lipinski definition) is 1. The third-order valence-electron chi connectivity index (χ3n) is 10.4. The molecule has 33 heavy (non-hydrogen) atoms. The van der Waals surface area contributed by atoms with Crippen molar-refractivity contribution < 1.29 is 12.6 Å². The molecule has 0 aliphatic heterocycles. The average Bonchev–Trinajstić information content (AvgIpc) is 3.10. The molecular formula is C26H38N3O3S-. The Balaban J connectivity index is 1.33. The van der Waals surface area contributed by atoms with Gasteiger partial charge in [-0.2, -0.15) is 8.42 Å². The van der Waals surface area contributed by atoms with Gasteiger partial charge in [-0.15, -0.1) is 0 Å². The van der Waals surface area contributed by atoms with Gasteiger partial charge in [0.05, 0.1) is 11.0 Å². The van der Waals surface area contributed by atoms with E-state index >= 15 is 0 Å². The number of benzene rings is 1. The van der Waals surface area contributed by atoms with Gasteiger partial charge in [-0.05, 0) is 117 Å². The fourth-order valence-electron chi connectivity index (χ4n) is 8.48. The maximum atomic E-state index is 13.1. The lowest BCUT2D eigenvalue weighted by Gasteiger charge is -2.61. The minimum absolute atomic E-state index is 0.0728. The molecule has 4 aliphatic rings. The predicted octanol–water partition coefficient (Wildman–Crippen LogP) is 6.01. The first-order chi connectivity index (χ1) is 15.7. The number of fused-ring (bicyclic) bond motifs is 5. The van der Waals surface area contributed by atoms with Crippen molar-refractivity contribution in [2.75, 3.05) is 0 Å². The highest BCUT2D eigenvalue weighted by Gasteiger charge is 2.61. The SMILES string of the molecule is Cc1ccc(S(=O)(=O)O[C@H]2CC[C@@H]3[C@H]4CC[C@@H]5C[C@H](NN=[N-])CC[C@]5(C)[C@H]4CC[C@]23C)cc1. The number of aryl methyl sites for hydroxylation is 1. The van der Waals surface area contributed by atoms with Crippen molar-refractivity contribution in [2.45, 2.75) is 95.6 Å². The van der Waals surface area contributed by atoms with Crippen LogP contribution in [0, 0.1) is 41.4 Å². The minimum Gasteiger partial charge on any atom is -0.411 e. The van der Waals surface area contributed by atoms with Crippen molar-refractivity contribution in [1.29, 1.82) is 0 Å². The molecular weight excluding hydrogens is 434 g/mol. The molecule has 0 aromatic heterocycles. The molecule has 8 atom stereocenters. The Hall–Kier alpha value is -1.47. The standard InChI is InChI=1S/C26H38N3O3S/c1-17-4-7-20(8-5-17)33(30,31)32-24-11-10-22-21-9-6-18-16-19(28-29-27)12-14-25(18,2)23(21)13-15-26(22,24)3/h4-5,7-8,18-19,21-24H,6,9-16H2,1-3H3,(H-,27,28)/q-1/t18-,19-,21-,22-,23+,24+,25+,26+/m1/s1. The molecule has 1 aromatic carbocycles. The van der Waals surface area contributed by atoms with Gasteiger partial charge < -0.3 is 11.0 Å². The summed E-state index contributed by atoms with van der Waals surface area (Å²) in [5, 5.41) is 3.20. The largest absolute Gasteiger partial charge is 0.411 e. The van der Waals surface area contributed by atoms with E-state index in [0.717, 1.165) is 44.1 Å². The molecule has 1 N–H and O–H groups in total. The first kappa shape index (κ1) is 23.3. The maximum Gasteiger partial charge on any atom is 0.297 e. The lowest BCUT2D eigenvalue weighted by molar-refractivity contribution is -0.120. The fourth-order valence-corrected chi connectivity index (χ4v) is 9.68. The second kappa shape index (κ2) is 8.33. The van der Waals surface area contributed by atoms with E-state index in [1.54, 1.807) is 12.1 Å². The first-order valence-corrected chi connectivity index (χ1v) is 14.2. The molecule has 5 rings (SSSR count). The number of hydrogen-bond acceptors (Lipinski definition) is 4. The Morgan fingerprint density at radius 1 is 0.970 bits per heavy atom. The van der Waals surface area contributed by atoms with E-state index in [0.29, 0.717) is 29.1 Å². The summed E-state index contributed by atoms with van der Waals surface area (Å²) in [7, 11) is -3.76. The van der Waals surface area contributed by atoms with Gasteiger partial charge in [0, 0.05) is 0 Å². The molecule has 0 bridgehead atoms. The number of nitrogens with one attached hydrogen (secondary N) is 1. The monoisotopic (exact) mass is 472 g/mol. The van der Waals surface area contributed by atoms with Crippen molar-refractivity contribution in [3.05, 3.63) is 35.4 Å². The molecule has 0 radical (unpaired) electrons. The topological polar surface area (TPSA) is 90.1 Å². The van der Waals surface area contributed by atoms with Crippen molar-refractivity contribution in [3.8, 4) is 0 Å². The van der Waals surface area contributed by atoms with E-state index in [9.17, 15) is 8.42 Å². The molecule has 0 unspecified atom stereocenters. The van der Waals surface area contributed by atoms with Gasteiger partial charge in [-0.1, -0.05) is 31.5 Å². The van der Waals surface area contributed by atoms with E-state index < -0.39 is 10.1 Å². The normalized spacial score (nSPS) is 42.6. The van der Waals surface area contributed by atoms with Crippen LogP contribution >= 0.6 is 0 Å². The Morgan fingerprint density at radius 2 is 1.67 bits per heavy atom. The van der Waals surface area contributed by atoms with Gasteiger partial charge in [0.2, 0.25) is 0 Å². The van der Waals surface area contributed by atoms with Crippen LogP contribution in [0.15, 0.2) is 34.4 Å². The summed E-state index contributed by atoms with van der Waals surface area (Å²) in [6.45, 7) is 6.76. The fraction of sp³-hybridized carbons (Fsp3) is 0.769. The summed E-state index contributed by atoms with van der Waals surface area (Å²) in [6.07, 6.45) is 9.66. The molecule has 4 aliphatic carbocycles. The highest BCUT2D eigenvalue weighted by atomic mass is 32.2. The van der Waals surface area contributed by atoms with Crippen LogP contribution < -0.4 is 5.43 Å². The Morgan fingerprint density at radius 3 is 2.39 bits per heavy atom. The quantitative estimate of drug-likeness (QED) is 0.323. The van der Waals surface area contributed by atoms with Crippen molar-refractivity contribution in [3.63, 3.8) is 0 Å². The van der Waals surface area contributed by atoms with Gasteiger partial charge in [-0.3, -0.25) is 9.41 Å². The lowest BCUT2D eigenvalue weighted by Crippen LogP contribution is -2.55. The maximum absolute atomic E-state index is 13.1. The Kier molecular flexibility index (Phi) is 5.88. The molecule has 4 fully saturated rings. The van der Waals surface area contributed by atoms with Crippen LogP contribution in [0.4, 0.5) is 0 Å². The second-order valence-electron chi connectivity index (χ2n) is 11.8. The number of rotatable bonds is 5. The molecule has 1 aromatic rings. The summed E-state index contributed by atoms with van der Waals surface area (Å²) in [6, 6.07) is 7.27. The van der Waals surface area contributed by atoms with Crippen molar-refractivity contribution >= 4 is 10.1 Å². The zero-order valence-electron chi connectivity index (χ0n) is 20.2. The average molecular weight is 473 g/mol. The molecule has 4 saturated carbocycles. The molecule has 0 amide bonds. The van der Waals surface area contributed by atoms with Crippen LogP contribution in [-0.4, -0.2) is 20.6 Å². The van der Waals surface area contributed by atoms with Gasteiger partial charge in [0.25, 0.3) is 10.1 Å². The smallest absolute Gasteiger partial charge is 0.297 e. The van der Waals surface area contributed by atoms with Gasteiger partial charge in [-0.25, -0.2) is 0 Å². The van der Waals surface area contributed by atoms with Crippen LogP contribution in [0.1, 0.15) is 77.2 Å². The van der Waals surface area contributed by atoms with Crippen LogP contribution in [0.3, 0.4) is 0 Å². The van der Waals surface area contributed by atoms with Crippen LogP contribution in [0.25, 0.3) is 5.53 Å². The number of nitrogens with zero attached hydrogens (tertiary/aromatic N) is 2. The molecule has 6 nitrogen and oxygen atoms in total. The van der Waals surface area contributed by atoms with Crippen molar-refractivity contribution in [1.82, 2.24) is 5.43 Å². The minimum atomic E-state index is -3.76. The molecule has 0 saturated heterocycles. The van der Waals surface area contributed by atoms with E-state index in [-0.39, 0.29) is 22.5 Å². The van der Waals surface area contributed by atoms with Crippen LogP contribution in [-0.2, 0) is 14.3 Å². The van der Waals surface area contributed by atoms with E-state index in [1.165, 1.54) is 19.3 Å². The zero-order valence-corrected chi connectivity index (χ0v) is 21.0. The molecule has 182 valence electrons. The summed E-state index contributed by atoms with van der Waals surface area (Å²) in [5.74, 6) is 2.57. The zero-order chi connectivity index (χ0) is 23.4. The predicted molar refractivity (Wildman–Crippen MR) is 128 cm³/mol. The van der Waals surface area contributed by atoms with Crippen LogP contribution in [0.2, 0.25) is 0 Å². The van der Waals surface area contributed by atoms with E-state index in [2.05, 4.69) is 24.5 Å². The summed E-state index contributed by atoms with van der Waals surface area (Å²) in [5.41, 5.74) is 13.2. The lowest BCUT2D eigenvalue weighted by atomic mass is 9.45. The molecule has 0 spiro atoms. The van der Waals surface area contributed by atoms with Gasteiger partial charge in [0.15, 0.2) is 0 Å². The Bertz CT molecular complexity index is 997. The van der Waals surface area contributed by atoms with Gasteiger partial charge in [0.1, 0.15) is 0 Å². The molecule has 7 heteroatoms. The highest BCUT2D eigenvalue weighted by Crippen LogP contribution is 2.66. The van der Waals surface area contributed by atoms with E-state index in [4.69, 9.17) is 9.71 Å². The van der Waals surface area contributed by atoms with Crippen molar-refractivity contribution in [2.24, 2.45) is 39.7 Å². The first-order valence-electron chi connectivity index (χ1n) is 12.8. The summed E-state index contributed by atoms with van der Waals surface area (Å²) >= 11 is 0. The summed E-state index contributed by atoms with van der Waals surface area (Å²) in [4.78, 5) is 0.266. The molecule has 0 heterocycles. The Labute approximate surface area is 198 Å². The second-order valence-corrected chi connectivity index (χ2v) is 13.4. The third-order valence-corrected chi connectivity index (χ3v) is 11.7.